The van der Waals surface area contributed by atoms with E-state index in [0.717, 1.165) is 5.56 Å². The molecule has 3 heterocycles. The topological polar surface area (TPSA) is 89.5 Å². The van der Waals surface area contributed by atoms with Crippen molar-refractivity contribution in [3.63, 3.8) is 0 Å². The fraction of sp³-hybridized carbons (Fsp3) is 0.214. The Balaban J connectivity index is 1.44. The zero-order valence-corrected chi connectivity index (χ0v) is 19.7. The van der Waals surface area contributed by atoms with Gasteiger partial charge in [0.25, 0.3) is 0 Å². The van der Waals surface area contributed by atoms with Gasteiger partial charge in [0.1, 0.15) is 24.7 Å². The highest BCUT2D eigenvalue weighted by Crippen LogP contribution is 2.50. The van der Waals surface area contributed by atoms with Gasteiger partial charge in [0, 0.05) is 17.0 Å². The second-order valence-electron chi connectivity index (χ2n) is 8.51. The summed E-state index contributed by atoms with van der Waals surface area (Å²) in [6.45, 7) is 0.941. The maximum Gasteiger partial charge on any atom is 0.312 e. The number of methoxy groups -OCH3 is 2. The van der Waals surface area contributed by atoms with Gasteiger partial charge < -0.3 is 28.4 Å². The first-order valence-electron chi connectivity index (χ1n) is 11.5. The Labute approximate surface area is 206 Å². The molecule has 3 aliphatic rings. The lowest BCUT2D eigenvalue weighted by atomic mass is 9.84. The van der Waals surface area contributed by atoms with Crippen LogP contribution in [0.5, 0.6) is 34.5 Å². The molecule has 182 valence electrons. The number of hydrogen-bond acceptors (Lipinski definition) is 8. The molecule has 0 bridgehead atoms. The van der Waals surface area contributed by atoms with Crippen molar-refractivity contribution in [2.45, 2.75) is 12.3 Å². The number of para-hydroxylation sites is 1. The molecule has 36 heavy (non-hydrogen) atoms. The van der Waals surface area contributed by atoms with E-state index < -0.39 is 0 Å². The number of esters is 1. The lowest BCUT2D eigenvalue weighted by molar-refractivity contribution is -0.135. The molecule has 3 aromatic carbocycles. The number of hydrogen-bond donors (Lipinski definition) is 0. The molecule has 0 fully saturated rings. The fourth-order valence-electron chi connectivity index (χ4n) is 4.83. The van der Waals surface area contributed by atoms with Crippen LogP contribution in [0.15, 0.2) is 54.3 Å². The highest BCUT2D eigenvalue weighted by molar-refractivity contribution is 6.15. The first-order valence-corrected chi connectivity index (χ1v) is 11.5. The average molecular weight is 486 g/mol. The minimum atomic E-state index is -0.384. The Bertz CT molecular complexity index is 1440. The third-order valence-corrected chi connectivity index (χ3v) is 6.47. The molecule has 3 aliphatic heterocycles. The van der Waals surface area contributed by atoms with E-state index in [-0.39, 0.29) is 29.9 Å². The predicted octanol–water partition coefficient (Wildman–Crippen LogP) is 4.53. The molecule has 0 radical (unpaired) electrons. The number of Topliss-reactive ketones (excluding diaryl/α,β-unsaturated/α-hetero) is 1. The smallest absolute Gasteiger partial charge is 0.312 e. The molecule has 8 heteroatoms. The molecule has 0 unspecified atom stereocenters. The van der Waals surface area contributed by atoms with Gasteiger partial charge in [0.15, 0.2) is 28.8 Å². The highest BCUT2D eigenvalue weighted by atomic mass is 16.6. The summed E-state index contributed by atoms with van der Waals surface area (Å²) in [5.41, 5.74) is 2.53. The fourth-order valence-corrected chi connectivity index (χ4v) is 4.83. The number of carbonyl (C=O) groups is 2. The Morgan fingerprint density at radius 1 is 0.889 bits per heavy atom. The second-order valence-corrected chi connectivity index (χ2v) is 8.51. The zero-order chi connectivity index (χ0) is 24.8. The maximum atomic E-state index is 13.3. The lowest BCUT2D eigenvalue weighted by Gasteiger charge is -2.27. The van der Waals surface area contributed by atoms with E-state index >= 15 is 0 Å². The molecule has 3 aromatic rings. The molecule has 0 spiro atoms. The molecule has 6 rings (SSSR count). The second kappa shape index (κ2) is 8.64. The van der Waals surface area contributed by atoms with E-state index in [4.69, 9.17) is 28.4 Å². The number of ether oxygens (including phenoxy) is 6. The largest absolute Gasteiger partial charge is 0.493 e. The SMILES string of the molecule is COc1cccc(/C=C2\Oc3c(ccc4c3[C@H](c3ccc5c(c3)OCCO5)CC(=O)O4)C2=O)c1OC. The molecular formula is C28H22O8. The van der Waals surface area contributed by atoms with E-state index in [1.165, 1.54) is 7.11 Å². The monoisotopic (exact) mass is 486 g/mol. The van der Waals surface area contributed by atoms with E-state index in [9.17, 15) is 9.59 Å². The van der Waals surface area contributed by atoms with Gasteiger partial charge in [-0.05, 0) is 42.0 Å². The van der Waals surface area contributed by atoms with Crippen molar-refractivity contribution in [2.75, 3.05) is 27.4 Å². The zero-order valence-electron chi connectivity index (χ0n) is 19.7. The van der Waals surface area contributed by atoms with Crippen molar-refractivity contribution < 1.29 is 38.0 Å². The van der Waals surface area contributed by atoms with Gasteiger partial charge in [0.2, 0.25) is 5.78 Å². The van der Waals surface area contributed by atoms with Crippen LogP contribution in [-0.4, -0.2) is 39.2 Å². The van der Waals surface area contributed by atoms with Crippen molar-refractivity contribution in [1.82, 2.24) is 0 Å². The normalized spacial score (nSPS) is 18.7. The van der Waals surface area contributed by atoms with Gasteiger partial charge in [-0.1, -0.05) is 18.2 Å². The molecule has 0 saturated carbocycles. The summed E-state index contributed by atoms with van der Waals surface area (Å²) >= 11 is 0. The van der Waals surface area contributed by atoms with Crippen molar-refractivity contribution in [3.05, 3.63) is 76.5 Å². The summed E-state index contributed by atoms with van der Waals surface area (Å²) in [7, 11) is 3.09. The number of benzene rings is 3. The summed E-state index contributed by atoms with van der Waals surface area (Å²) in [4.78, 5) is 25.8. The maximum absolute atomic E-state index is 13.3. The first kappa shape index (κ1) is 22.0. The summed E-state index contributed by atoms with van der Waals surface area (Å²) in [6, 6.07) is 14.3. The van der Waals surface area contributed by atoms with Gasteiger partial charge in [-0.15, -0.1) is 0 Å². The van der Waals surface area contributed by atoms with Crippen LogP contribution in [0, 0.1) is 0 Å². The Morgan fingerprint density at radius 2 is 1.69 bits per heavy atom. The van der Waals surface area contributed by atoms with Crippen LogP contribution in [0.1, 0.15) is 39.4 Å². The van der Waals surface area contributed by atoms with Crippen LogP contribution in [0.4, 0.5) is 0 Å². The minimum Gasteiger partial charge on any atom is -0.493 e. The number of carbonyl (C=O) groups excluding carboxylic acids is 2. The van der Waals surface area contributed by atoms with Gasteiger partial charge >= 0.3 is 5.97 Å². The number of allylic oxidation sites excluding steroid dienone is 1. The van der Waals surface area contributed by atoms with Crippen LogP contribution in [0.3, 0.4) is 0 Å². The third-order valence-electron chi connectivity index (χ3n) is 6.47. The molecule has 0 N–H and O–H groups in total. The summed E-state index contributed by atoms with van der Waals surface area (Å²) < 4.78 is 33.9. The molecule has 0 aliphatic carbocycles. The standard InChI is InChI=1S/C28H22O8/c1-31-21-5-3-4-16(27(21)32-2)13-23-26(30)17-7-9-20-25(28(17)36-23)18(14-24(29)35-20)15-6-8-19-22(12-15)34-11-10-33-19/h3-9,12-13,18H,10-11,14H2,1-2H3/b23-13-/t18-/m0/s1. The third kappa shape index (κ3) is 3.53. The van der Waals surface area contributed by atoms with Crippen molar-refractivity contribution in [2.24, 2.45) is 0 Å². The van der Waals surface area contributed by atoms with Crippen LogP contribution in [0.2, 0.25) is 0 Å². The Kier molecular flexibility index (Phi) is 5.29. The van der Waals surface area contributed by atoms with Crippen molar-refractivity contribution in [1.29, 1.82) is 0 Å². The molecule has 0 amide bonds. The summed E-state index contributed by atoms with van der Waals surface area (Å²) in [5, 5.41) is 0. The molecular weight excluding hydrogens is 464 g/mol. The van der Waals surface area contributed by atoms with Crippen LogP contribution in [-0.2, 0) is 4.79 Å². The van der Waals surface area contributed by atoms with Crippen LogP contribution >= 0.6 is 0 Å². The van der Waals surface area contributed by atoms with E-state index in [0.29, 0.717) is 64.4 Å². The number of rotatable bonds is 4. The van der Waals surface area contributed by atoms with Gasteiger partial charge in [0.05, 0.1) is 26.2 Å². The molecule has 1 atom stereocenters. The Hall–Kier alpha value is -4.46. The average Bonchev–Trinajstić information content (AvgIpc) is 3.22. The quantitative estimate of drug-likeness (QED) is 0.302. The summed E-state index contributed by atoms with van der Waals surface area (Å²) in [6.07, 6.45) is 1.73. The van der Waals surface area contributed by atoms with Gasteiger partial charge in [-0.25, -0.2) is 0 Å². The van der Waals surface area contributed by atoms with E-state index in [1.807, 2.05) is 24.3 Å². The number of ketones is 1. The van der Waals surface area contributed by atoms with Gasteiger partial charge in [-0.2, -0.15) is 0 Å². The van der Waals surface area contributed by atoms with E-state index in [1.54, 1.807) is 37.5 Å². The first-order chi connectivity index (χ1) is 17.6. The molecule has 0 aromatic heterocycles. The highest BCUT2D eigenvalue weighted by Gasteiger charge is 2.39. The lowest BCUT2D eigenvalue weighted by Crippen LogP contribution is -2.22. The van der Waals surface area contributed by atoms with Gasteiger partial charge in [-0.3, -0.25) is 9.59 Å². The Morgan fingerprint density at radius 3 is 2.50 bits per heavy atom. The van der Waals surface area contributed by atoms with E-state index in [2.05, 4.69) is 0 Å². The van der Waals surface area contributed by atoms with Crippen LogP contribution < -0.4 is 28.4 Å². The predicted molar refractivity (Wildman–Crippen MR) is 128 cm³/mol. The molecule has 0 saturated heterocycles. The van der Waals surface area contributed by atoms with Crippen molar-refractivity contribution in [3.8, 4) is 34.5 Å². The number of fused-ring (bicyclic) bond motifs is 4. The van der Waals surface area contributed by atoms with Crippen molar-refractivity contribution >= 4 is 17.8 Å². The minimum absolute atomic E-state index is 0.101. The summed E-state index contributed by atoms with van der Waals surface area (Å²) in [5.74, 6) is 2.20. The van der Waals surface area contributed by atoms with Crippen LogP contribution in [0.25, 0.3) is 6.08 Å². The molecule has 8 nitrogen and oxygen atoms in total.